The maximum Gasteiger partial charge on any atom is 0.329 e. The van der Waals surface area contributed by atoms with Crippen molar-refractivity contribution < 1.29 is 14.6 Å². The number of nitro groups is 2. The van der Waals surface area contributed by atoms with Crippen LogP contribution in [0.2, 0.25) is 5.02 Å². The minimum Gasteiger partial charge on any atom is -0.443 e. The molecule has 2 aromatic rings. The van der Waals surface area contributed by atoms with Gasteiger partial charge in [-0.05, 0) is 30.7 Å². The Kier molecular flexibility index (Phi) is 4.04. The Bertz CT molecular complexity index is 732. The second kappa shape index (κ2) is 5.76. The summed E-state index contributed by atoms with van der Waals surface area (Å²) in [6.45, 7) is 1.69. The van der Waals surface area contributed by atoms with E-state index in [1.165, 1.54) is 30.3 Å². The van der Waals surface area contributed by atoms with Gasteiger partial charge < -0.3 is 4.74 Å². The molecule has 0 amide bonds. The number of nitro benzene ring substituents is 2. The van der Waals surface area contributed by atoms with Crippen molar-refractivity contribution in [2.24, 2.45) is 0 Å². The molecule has 8 heteroatoms. The lowest BCUT2D eigenvalue weighted by molar-refractivity contribution is -0.387. The molecular formula is C13H9ClN2O5. The Morgan fingerprint density at radius 3 is 2.38 bits per heavy atom. The molecule has 21 heavy (non-hydrogen) atoms. The highest BCUT2D eigenvalue weighted by Gasteiger charge is 2.23. The van der Waals surface area contributed by atoms with E-state index in [9.17, 15) is 20.2 Å². The topological polar surface area (TPSA) is 95.5 Å². The number of hydrogen-bond acceptors (Lipinski definition) is 5. The number of hydrogen-bond donors (Lipinski definition) is 0. The van der Waals surface area contributed by atoms with Crippen molar-refractivity contribution in [3.05, 3.63) is 67.2 Å². The quantitative estimate of drug-likeness (QED) is 0.621. The first-order valence-corrected chi connectivity index (χ1v) is 6.13. The lowest BCUT2D eigenvalue weighted by Gasteiger charge is -2.08. The highest BCUT2D eigenvalue weighted by atomic mass is 35.5. The molecule has 108 valence electrons. The van der Waals surface area contributed by atoms with Gasteiger partial charge in [-0.15, -0.1) is 0 Å². The summed E-state index contributed by atoms with van der Waals surface area (Å²) in [6.07, 6.45) is 0. The standard InChI is InChI=1S/C13H9ClN2O5/c1-8-5-6-11(10(7-8)15(17)18)21-12-4-2-3-9(14)13(12)16(19)20/h2-7H,1H3. The molecule has 2 rings (SSSR count). The number of rotatable bonds is 4. The predicted molar refractivity (Wildman–Crippen MR) is 76.0 cm³/mol. The van der Waals surface area contributed by atoms with Gasteiger partial charge in [-0.3, -0.25) is 20.2 Å². The van der Waals surface area contributed by atoms with E-state index in [0.29, 0.717) is 5.56 Å². The molecule has 0 radical (unpaired) electrons. The molecule has 0 aliphatic carbocycles. The zero-order valence-corrected chi connectivity index (χ0v) is 11.5. The number of aryl methyl sites for hydroxylation is 1. The highest BCUT2D eigenvalue weighted by molar-refractivity contribution is 6.32. The van der Waals surface area contributed by atoms with E-state index in [1.54, 1.807) is 13.0 Å². The molecular weight excluding hydrogens is 300 g/mol. The van der Waals surface area contributed by atoms with E-state index in [1.807, 2.05) is 0 Å². The minimum atomic E-state index is -0.697. The number of ether oxygens (including phenoxy) is 1. The van der Waals surface area contributed by atoms with Crippen LogP contribution in [0.3, 0.4) is 0 Å². The van der Waals surface area contributed by atoms with Crippen LogP contribution < -0.4 is 4.74 Å². The monoisotopic (exact) mass is 308 g/mol. The summed E-state index contributed by atoms with van der Waals surface area (Å²) < 4.78 is 5.33. The van der Waals surface area contributed by atoms with Crippen molar-refractivity contribution in [1.29, 1.82) is 0 Å². The zero-order valence-electron chi connectivity index (χ0n) is 10.8. The molecule has 0 atom stereocenters. The summed E-state index contributed by atoms with van der Waals surface area (Å²) in [6, 6.07) is 8.46. The SMILES string of the molecule is Cc1ccc(Oc2cccc(Cl)c2[N+](=O)[O-])c([N+](=O)[O-])c1. The van der Waals surface area contributed by atoms with Gasteiger partial charge in [-0.25, -0.2) is 0 Å². The third kappa shape index (κ3) is 3.09. The number of nitrogens with zero attached hydrogens (tertiary/aromatic N) is 2. The van der Waals surface area contributed by atoms with Gasteiger partial charge in [0, 0.05) is 6.07 Å². The van der Waals surface area contributed by atoms with Crippen molar-refractivity contribution in [3.63, 3.8) is 0 Å². The maximum atomic E-state index is 11.0. The van der Waals surface area contributed by atoms with Crippen molar-refractivity contribution in [1.82, 2.24) is 0 Å². The zero-order chi connectivity index (χ0) is 15.6. The van der Waals surface area contributed by atoms with E-state index in [2.05, 4.69) is 0 Å². The summed E-state index contributed by atoms with van der Waals surface area (Å²) >= 11 is 5.76. The molecule has 0 aromatic heterocycles. The van der Waals surface area contributed by atoms with Gasteiger partial charge in [0.1, 0.15) is 5.02 Å². The fourth-order valence-electron chi connectivity index (χ4n) is 1.73. The summed E-state index contributed by atoms with van der Waals surface area (Å²) in [5.74, 6) is -0.240. The molecule has 2 aromatic carbocycles. The second-order valence-electron chi connectivity index (χ2n) is 4.17. The minimum absolute atomic E-state index is 0.0871. The van der Waals surface area contributed by atoms with E-state index < -0.39 is 15.5 Å². The van der Waals surface area contributed by atoms with E-state index in [-0.39, 0.29) is 22.2 Å². The Balaban J connectivity index is 2.51. The van der Waals surface area contributed by atoms with E-state index in [4.69, 9.17) is 16.3 Å². The van der Waals surface area contributed by atoms with Crippen molar-refractivity contribution in [3.8, 4) is 11.5 Å². The lowest BCUT2D eigenvalue weighted by atomic mass is 10.2. The molecule has 0 saturated carbocycles. The van der Waals surface area contributed by atoms with E-state index >= 15 is 0 Å². The van der Waals surface area contributed by atoms with Crippen molar-refractivity contribution in [2.75, 3.05) is 0 Å². The number of halogens is 1. The Labute approximate surface area is 124 Å². The largest absolute Gasteiger partial charge is 0.443 e. The van der Waals surface area contributed by atoms with Crippen LogP contribution in [-0.2, 0) is 0 Å². The van der Waals surface area contributed by atoms with Gasteiger partial charge >= 0.3 is 11.4 Å². The third-order valence-corrected chi connectivity index (χ3v) is 2.97. The van der Waals surface area contributed by atoms with Crippen LogP contribution in [0.5, 0.6) is 11.5 Å². The average molecular weight is 309 g/mol. The second-order valence-corrected chi connectivity index (χ2v) is 4.58. The molecule has 0 unspecified atom stereocenters. The van der Waals surface area contributed by atoms with Gasteiger partial charge in [0.15, 0.2) is 0 Å². The summed E-state index contributed by atoms with van der Waals surface area (Å²) in [4.78, 5) is 20.7. The van der Waals surface area contributed by atoms with Crippen LogP contribution in [-0.4, -0.2) is 9.85 Å². The Hall–Kier alpha value is -2.67. The molecule has 0 N–H and O–H groups in total. The smallest absolute Gasteiger partial charge is 0.329 e. The average Bonchev–Trinajstić information content (AvgIpc) is 2.40. The summed E-state index contributed by atoms with van der Waals surface area (Å²) in [5, 5.41) is 21.9. The molecule has 0 fully saturated rings. The van der Waals surface area contributed by atoms with Gasteiger partial charge in [-0.2, -0.15) is 0 Å². The van der Waals surface area contributed by atoms with Gasteiger partial charge in [-0.1, -0.05) is 23.7 Å². The van der Waals surface area contributed by atoms with Crippen LogP contribution in [0.4, 0.5) is 11.4 Å². The van der Waals surface area contributed by atoms with Gasteiger partial charge in [0.25, 0.3) is 0 Å². The molecule has 0 aliphatic rings. The predicted octanol–water partition coefficient (Wildman–Crippen LogP) is 4.26. The first kappa shape index (κ1) is 14.7. The maximum absolute atomic E-state index is 11.0. The summed E-state index contributed by atoms with van der Waals surface area (Å²) in [5.41, 5.74) is -0.0343. The fourth-order valence-corrected chi connectivity index (χ4v) is 1.96. The van der Waals surface area contributed by atoms with Crippen LogP contribution >= 0.6 is 11.6 Å². The first-order chi connectivity index (χ1) is 9.90. The number of benzene rings is 2. The molecule has 0 spiro atoms. The van der Waals surface area contributed by atoms with Crippen molar-refractivity contribution in [2.45, 2.75) is 6.92 Å². The molecule has 7 nitrogen and oxygen atoms in total. The van der Waals surface area contributed by atoms with Crippen LogP contribution in [0, 0.1) is 27.2 Å². The van der Waals surface area contributed by atoms with Gasteiger partial charge in [0.2, 0.25) is 11.5 Å². The Morgan fingerprint density at radius 2 is 1.76 bits per heavy atom. The molecule has 0 saturated heterocycles. The molecule has 0 heterocycles. The first-order valence-electron chi connectivity index (χ1n) is 5.76. The fraction of sp³-hybridized carbons (Fsp3) is 0.0769. The van der Waals surface area contributed by atoms with Crippen LogP contribution in [0.15, 0.2) is 36.4 Å². The normalized spacial score (nSPS) is 10.2. The lowest BCUT2D eigenvalue weighted by Crippen LogP contribution is -1.97. The van der Waals surface area contributed by atoms with E-state index in [0.717, 1.165) is 0 Å². The van der Waals surface area contributed by atoms with Gasteiger partial charge in [0.05, 0.1) is 9.85 Å². The van der Waals surface area contributed by atoms with Crippen LogP contribution in [0.25, 0.3) is 0 Å². The summed E-state index contributed by atoms with van der Waals surface area (Å²) in [7, 11) is 0. The molecule has 0 aliphatic heterocycles. The Morgan fingerprint density at radius 1 is 1.05 bits per heavy atom. The highest BCUT2D eigenvalue weighted by Crippen LogP contribution is 2.39. The molecule has 0 bridgehead atoms. The van der Waals surface area contributed by atoms with Crippen molar-refractivity contribution >= 4 is 23.0 Å². The number of para-hydroxylation sites is 1. The third-order valence-electron chi connectivity index (χ3n) is 2.66. The van der Waals surface area contributed by atoms with Crippen LogP contribution in [0.1, 0.15) is 5.56 Å².